The number of hydrogen-bond acceptors (Lipinski definition) is 6. The van der Waals surface area contributed by atoms with E-state index in [0.29, 0.717) is 5.75 Å². The summed E-state index contributed by atoms with van der Waals surface area (Å²) >= 11 is 0. The Bertz CT molecular complexity index is 1180. The van der Waals surface area contributed by atoms with Crippen molar-refractivity contribution in [2.75, 3.05) is 25.5 Å². The van der Waals surface area contributed by atoms with Crippen LogP contribution in [0.25, 0.3) is 0 Å². The SMILES string of the molecule is CCN(CC)S(=O)(=O)c1ccc(Oc2ccc(F)cc2)c(NC(=O)C2=NN(C)C(=O)CC2)c1. The number of nitrogens with one attached hydrogen (secondary N) is 1. The molecular weight excluding hydrogens is 451 g/mol. The summed E-state index contributed by atoms with van der Waals surface area (Å²) in [4.78, 5) is 24.5. The topological polar surface area (TPSA) is 108 Å². The van der Waals surface area contributed by atoms with Crippen LogP contribution in [0.1, 0.15) is 26.7 Å². The number of sulfonamides is 1. The maximum atomic E-state index is 13.2. The fraction of sp³-hybridized carbons (Fsp3) is 0.318. The van der Waals surface area contributed by atoms with E-state index in [4.69, 9.17) is 4.74 Å². The van der Waals surface area contributed by atoms with Gasteiger partial charge in [0, 0.05) is 33.0 Å². The third kappa shape index (κ3) is 5.55. The molecular formula is C22H25FN4O5S. The second-order valence-electron chi connectivity index (χ2n) is 7.22. The summed E-state index contributed by atoms with van der Waals surface area (Å²) in [5.74, 6) is -0.777. The van der Waals surface area contributed by atoms with E-state index in [0.717, 1.165) is 5.01 Å². The second kappa shape index (κ2) is 10.1. The number of benzene rings is 2. The number of amides is 2. The zero-order chi connectivity index (χ0) is 24.2. The number of ether oxygens (including phenoxy) is 1. The lowest BCUT2D eigenvalue weighted by atomic mass is 10.1. The summed E-state index contributed by atoms with van der Waals surface area (Å²) < 4.78 is 46.3. The quantitative estimate of drug-likeness (QED) is 0.630. The van der Waals surface area contributed by atoms with Crippen LogP contribution in [0.3, 0.4) is 0 Å². The van der Waals surface area contributed by atoms with Crippen molar-refractivity contribution < 1.29 is 27.1 Å². The highest BCUT2D eigenvalue weighted by Gasteiger charge is 2.26. The van der Waals surface area contributed by atoms with Gasteiger partial charge in [0.1, 0.15) is 17.3 Å². The molecule has 0 unspecified atom stereocenters. The Kier molecular flexibility index (Phi) is 7.44. The van der Waals surface area contributed by atoms with Gasteiger partial charge in [0.25, 0.3) is 5.91 Å². The van der Waals surface area contributed by atoms with E-state index in [1.165, 1.54) is 53.8 Å². The van der Waals surface area contributed by atoms with Crippen LogP contribution in [-0.2, 0) is 19.6 Å². The maximum Gasteiger partial charge on any atom is 0.271 e. The van der Waals surface area contributed by atoms with Crippen LogP contribution in [0.2, 0.25) is 0 Å². The molecule has 0 fully saturated rings. The van der Waals surface area contributed by atoms with Gasteiger partial charge in [0.15, 0.2) is 5.75 Å². The molecule has 0 atom stereocenters. The third-order valence-corrected chi connectivity index (χ3v) is 7.10. The Labute approximate surface area is 191 Å². The number of nitrogens with zero attached hydrogens (tertiary/aromatic N) is 3. The zero-order valence-corrected chi connectivity index (χ0v) is 19.4. The van der Waals surface area contributed by atoms with E-state index in [9.17, 15) is 22.4 Å². The lowest BCUT2D eigenvalue weighted by Gasteiger charge is -2.21. The lowest BCUT2D eigenvalue weighted by molar-refractivity contribution is -0.130. The van der Waals surface area contributed by atoms with E-state index in [1.807, 2.05) is 0 Å². The molecule has 9 nitrogen and oxygen atoms in total. The molecule has 1 aliphatic heterocycles. The fourth-order valence-corrected chi connectivity index (χ4v) is 4.71. The number of halogens is 1. The molecule has 1 aliphatic rings. The number of hydrogen-bond donors (Lipinski definition) is 1. The largest absolute Gasteiger partial charge is 0.455 e. The fourth-order valence-electron chi connectivity index (χ4n) is 3.23. The highest BCUT2D eigenvalue weighted by Crippen LogP contribution is 2.33. The molecule has 1 N–H and O–H groups in total. The molecule has 3 rings (SSSR count). The summed E-state index contributed by atoms with van der Waals surface area (Å²) in [6.45, 7) is 4.03. The molecule has 0 spiro atoms. The first kappa shape index (κ1) is 24.3. The first-order valence-corrected chi connectivity index (χ1v) is 11.8. The van der Waals surface area contributed by atoms with Crippen LogP contribution >= 0.6 is 0 Å². The van der Waals surface area contributed by atoms with Crippen LogP contribution < -0.4 is 10.1 Å². The van der Waals surface area contributed by atoms with Gasteiger partial charge in [-0.15, -0.1) is 0 Å². The summed E-state index contributed by atoms with van der Waals surface area (Å²) in [5.41, 5.74) is 0.224. The molecule has 2 aromatic rings. The minimum absolute atomic E-state index is 0.0224. The average Bonchev–Trinajstić information content (AvgIpc) is 2.78. The second-order valence-corrected chi connectivity index (χ2v) is 9.16. The summed E-state index contributed by atoms with van der Waals surface area (Å²) in [5, 5.41) is 7.73. The molecule has 11 heteroatoms. The first-order chi connectivity index (χ1) is 15.6. The van der Waals surface area contributed by atoms with E-state index < -0.39 is 21.7 Å². The van der Waals surface area contributed by atoms with Gasteiger partial charge in [-0.05, 0) is 42.5 Å². The monoisotopic (exact) mass is 476 g/mol. The summed E-state index contributed by atoms with van der Waals surface area (Å²) in [7, 11) is -2.35. The number of hydrazone groups is 1. The molecule has 0 saturated heterocycles. The molecule has 0 aromatic heterocycles. The van der Waals surface area contributed by atoms with E-state index in [1.54, 1.807) is 13.8 Å². The number of rotatable bonds is 8. The highest BCUT2D eigenvalue weighted by molar-refractivity contribution is 7.89. The van der Waals surface area contributed by atoms with Crippen molar-refractivity contribution in [3.8, 4) is 11.5 Å². The molecule has 0 radical (unpaired) electrons. The van der Waals surface area contributed by atoms with E-state index in [-0.39, 0.29) is 53.9 Å². The Hall–Kier alpha value is -3.31. The number of carbonyl (C=O) groups excluding carboxylic acids is 2. The highest BCUT2D eigenvalue weighted by atomic mass is 32.2. The molecule has 0 bridgehead atoms. The predicted molar refractivity (Wildman–Crippen MR) is 121 cm³/mol. The van der Waals surface area contributed by atoms with Gasteiger partial charge >= 0.3 is 0 Å². The number of carbonyl (C=O) groups is 2. The van der Waals surface area contributed by atoms with Gasteiger partial charge in [-0.1, -0.05) is 13.8 Å². The van der Waals surface area contributed by atoms with Gasteiger partial charge < -0.3 is 10.1 Å². The Morgan fingerprint density at radius 1 is 1.15 bits per heavy atom. The van der Waals surface area contributed by atoms with Crippen LogP contribution in [-0.4, -0.2) is 55.4 Å². The maximum absolute atomic E-state index is 13.2. The molecule has 0 saturated carbocycles. The minimum atomic E-state index is -3.80. The van der Waals surface area contributed by atoms with Crippen LogP contribution in [0.4, 0.5) is 10.1 Å². The van der Waals surface area contributed by atoms with Gasteiger partial charge in [0.2, 0.25) is 15.9 Å². The van der Waals surface area contributed by atoms with Crippen LogP contribution in [0, 0.1) is 5.82 Å². The normalized spacial score (nSPS) is 14.3. The van der Waals surface area contributed by atoms with Crippen molar-refractivity contribution in [3.63, 3.8) is 0 Å². The van der Waals surface area contributed by atoms with E-state index >= 15 is 0 Å². The molecule has 2 aromatic carbocycles. The minimum Gasteiger partial charge on any atom is -0.455 e. The smallest absolute Gasteiger partial charge is 0.271 e. The van der Waals surface area contributed by atoms with Crippen molar-refractivity contribution in [2.45, 2.75) is 31.6 Å². The number of anilines is 1. The first-order valence-electron chi connectivity index (χ1n) is 10.4. The predicted octanol–water partition coefficient (Wildman–Crippen LogP) is 3.20. The average molecular weight is 477 g/mol. The van der Waals surface area contributed by atoms with Crippen molar-refractivity contribution in [3.05, 3.63) is 48.3 Å². The van der Waals surface area contributed by atoms with Gasteiger partial charge in [-0.3, -0.25) is 9.59 Å². The molecule has 1 heterocycles. The van der Waals surface area contributed by atoms with Crippen molar-refractivity contribution in [1.82, 2.24) is 9.31 Å². The Morgan fingerprint density at radius 3 is 2.42 bits per heavy atom. The van der Waals surface area contributed by atoms with Gasteiger partial charge in [-0.2, -0.15) is 9.41 Å². The molecule has 0 aliphatic carbocycles. The Morgan fingerprint density at radius 2 is 1.82 bits per heavy atom. The van der Waals surface area contributed by atoms with Crippen LogP contribution in [0.15, 0.2) is 52.5 Å². The molecule has 33 heavy (non-hydrogen) atoms. The summed E-state index contributed by atoms with van der Waals surface area (Å²) in [6.07, 6.45) is 0.290. The third-order valence-electron chi connectivity index (χ3n) is 5.05. The lowest BCUT2D eigenvalue weighted by Crippen LogP contribution is -2.34. The van der Waals surface area contributed by atoms with Gasteiger partial charge in [-0.25, -0.2) is 17.8 Å². The standard InChI is InChI=1S/C22H25FN4O5S/c1-4-27(5-2)33(30,31)17-10-12-20(32-16-8-6-15(23)7-9-16)19(14-17)24-22(29)18-11-13-21(28)26(3)25-18/h6-10,12,14H,4-5,11,13H2,1-3H3,(H,24,29). The molecule has 2 amide bonds. The van der Waals surface area contributed by atoms with Crippen molar-refractivity contribution in [2.24, 2.45) is 5.10 Å². The van der Waals surface area contributed by atoms with E-state index in [2.05, 4.69) is 10.4 Å². The Balaban J connectivity index is 1.99. The van der Waals surface area contributed by atoms with Crippen molar-refractivity contribution >= 4 is 33.2 Å². The molecule has 176 valence electrons. The van der Waals surface area contributed by atoms with Crippen molar-refractivity contribution in [1.29, 1.82) is 0 Å². The van der Waals surface area contributed by atoms with Crippen LogP contribution in [0.5, 0.6) is 11.5 Å². The van der Waals surface area contributed by atoms with Gasteiger partial charge in [0.05, 0.1) is 10.6 Å². The summed E-state index contributed by atoms with van der Waals surface area (Å²) in [6, 6.07) is 9.37. The zero-order valence-electron chi connectivity index (χ0n) is 18.5.